The Morgan fingerprint density at radius 3 is 2.89 bits per heavy atom. The van der Waals surface area contributed by atoms with Gasteiger partial charge in [-0.1, -0.05) is 43.7 Å². The summed E-state index contributed by atoms with van der Waals surface area (Å²) in [4.78, 5) is 0. The van der Waals surface area contributed by atoms with E-state index in [2.05, 4.69) is 48.2 Å². The van der Waals surface area contributed by atoms with E-state index in [0.717, 1.165) is 11.4 Å². The summed E-state index contributed by atoms with van der Waals surface area (Å²) >= 11 is 5.16. The molecule has 0 aliphatic carbocycles. The van der Waals surface area contributed by atoms with E-state index in [4.69, 9.17) is 12.2 Å². The molecule has 0 bridgehead atoms. The van der Waals surface area contributed by atoms with E-state index in [9.17, 15) is 0 Å². The standard InChI is InChI=1S/C13H16N4S/c1-9(2)12-15-16-13(18)17(12)14-8-11-6-4-5-10(3)7-11/h4-9H,1-3H3,(H,16,18)/b14-8-. The maximum Gasteiger partial charge on any atom is 0.216 e. The number of H-pyrrole nitrogens is 1. The van der Waals surface area contributed by atoms with Crippen molar-refractivity contribution in [3.05, 3.63) is 46.0 Å². The average Bonchev–Trinajstić information content (AvgIpc) is 2.68. The van der Waals surface area contributed by atoms with Crippen LogP contribution in [0, 0.1) is 11.7 Å². The molecule has 2 aromatic rings. The molecule has 0 amide bonds. The number of rotatable bonds is 3. The van der Waals surface area contributed by atoms with Crippen LogP contribution in [-0.2, 0) is 0 Å². The number of aromatic amines is 1. The average molecular weight is 260 g/mol. The fourth-order valence-electron chi connectivity index (χ4n) is 1.66. The number of aryl methyl sites for hydroxylation is 1. The Kier molecular flexibility index (Phi) is 3.72. The molecule has 1 heterocycles. The summed E-state index contributed by atoms with van der Waals surface area (Å²) in [7, 11) is 0. The summed E-state index contributed by atoms with van der Waals surface area (Å²) in [6.45, 7) is 6.17. The predicted molar refractivity (Wildman–Crippen MR) is 75.7 cm³/mol. The van der Waals surface area contributed by atoms with E-state index >= 15 is 0 Å². The fourth-order valence-corrected chi connectivity index (χ4v) is 1.85. The Morgan fingerprint density at radius 2 is 2.22 bits per heavy atom. The summed E-state index contributed by atoms with van der Waals surface area (Å²) in [6, 6.07) is 8.15. The number of hydrogen-bond donors (Lipinski definition) is 1. The summed E-state index contributed by atoms with van der Waals surface area (Å²) in [5, 5.41) is 11.3. The molecular weight excluding hydrogens is 244 g/mol. The highest BCUT2D eigenvalue weighted by Crippen LogP contribution is 2.11. The zero-order chi connectivity index (χ0) is 13.1. The molecule has 4 nitrogen and oxygen atoms in total. The molecular formula is C13H16N4S. The fraction of sp³-hybridized carbons (Fsp3) is 0.308. The van der Waals surface area contributed by atoms with Crippen LogP contribution >= 0.6 is 12.2 Å². The largest absolute Gasteiger partial charge is 0.250 e. The molecule has 0 radical (unpaired) electrons. The third kappa shape index (κ3) is 2.73. The van der Waals surface area contributed by atoms with Gasteiger partial charge in [0.15, 0.2) is 5.82 Å². The SMILES string of the molecule is Cc1cccc(/C=N\n2c(C(C)C)n[nH]c2=S)c1. The van der Waals surface area contributed by atoms with Crippen LogP contribution in [0.1, 0.15) is 36.7 Å². The number of nitrogens with zero attached hydrogens (tertiary/aromatic N) is 3. The first-order chi connectivity index (χ1) is 8.58. The zero-order valence-corrected chi connectivity index (χ0v) is 11.5. The summed E-state index contributed by atoms with van der Waals surface area (Å²) < 4.78 is 2.19. The molecule has 0 spiro atoms. The van der Waals surface area contributed by atoms with Crippen molar-refractivity contribution in [2.45, 2.75) is 26.7 Å². The summed E-state index contributed by atoms with van der Waals surface area (Å²) in [6.07, 6.45) is 1.80. The minimum absolute atomic E-state index is 0.271. The topological polar surface area (TPSA) is 46.0 Å². The second kappa shape index (κ2) is 5.27. The van der Waals surface area contributed by atoms with Crippen molar-refractivity contribution in [1.82, 2.24) is 14.9 Å². The lowest BCUT2D eigenvalue weighted by Gasteiger charge is -2.03. The Hall–Kier alpha value is -1.75. The molecule has 0 aliphatic heterocycles. The van der Waals surface area contributed by atoms with Crippen LogP contribution in [0.5, 0.6) is 0 Å². The predicted octanol–water partition coefficient (Wildman–Crippen LogP) is 3.25. The van der Waals surface area contributed by atoms with Crippen LogP contribution in [0.4, 0.5) is 0 Å². The van der Waals surface area contributed by atoms with Gasteiger partial charge < -0.3 is 0 Å². The number of aromatic nitrogens is 3. The quantitative estimate of drug-likeness (QED) is 0.680. The van der Waals surface area contributed by atoms with Gasteiger partial charge in [0, 0.05) is 5.92 Å². The van der Waals surface area contributed by atoms with Crippen molar-refractivity contribution < 1.29 is 0 Å². The summed E-state index contributed by atoms with van der Waals surface area (Å²) in [5.41, 5.74) is 2.26. The lowest BCUT2D eigenvalue weighted by molar-refractivity contribution is 0.695. The van der Waals surface area contributed by atoms with Crippen molar-refractivity contribution in [3.63, 3.8) is 0 Å². The van der Waals surface area contributed by atoms with E-state index in [0.29, 0.717) is 4.77 Å². The highest BCUT2D eigenvalue weighted by atomic mass is 32.1. The monoisotopic (exact) mass is 260 g/mol. The van der Waals surface area contributed by atoms with Crippen LogP contribution in [0.3, 0.4) is 0 Å². The highest BCUT2D eigenvalue weighted by molar-refractivity contribution is 7.71. The molecule has 94 valence electrons. The van der Waals surface area contributed by atoms with Gasteiger partial charge in [-0.3, -0.25) is 5.10 Å². The molecule has 0 fully saturated rings. The second-order valence-corrected chi connectivity index (χ2v) is 4.90. The molecule has 0 aliphatic rings. The van der Waals surface area contributed by atoms with Gasteiger partial charge in [0.2, 0.25) is 4.77 Å². The van der Waals surface area contributed by atoms with Gasteiger partial charge in [-0.15, -0.1) is 0 Å². The van der Waals surface area contributed by atoms with Gasteiger partial charge in [-0.05, 0) is 24.7 Å². The second-order valence-electron chi connectivity index (χ2n) is 4.51. The lowest BCUT2D eigenvalue weighted by atomic mass is 10.2. The Balaban J connectivity index is 2.34. The molecule has 0 atom stereocenters. The van der Waals surface area contributed by atoms with Crippen LogP contribution in [-0.4, -0.2) is 21.1 Å². The zero-order valence-electron chi connectivity index (χ0n) is 10.7. The molecule has 5 heteroatoms. The number of nitrogens with one attached hydrogen (secondary N) is 1. The van der Waals surface area contributed by atoms with Crippen molar-refractivity contribution in [2.75, 3.05) is 0 Å². The molecule has 2 rings (SSSR count). The van der Waals surface area contributed by atoms with Crippen LogP contribution in [0.2, 0.25) is 0 Å². The van der Waals surface area contributed by atoms with E-state index < -0.39 is 0 Å². The molecule has 0 saturated carbocycles. The molecule has 1 aromatic carbocycles. The van der Waals surface area contributed by atoms with Gasteiger partial charge in [0.05, 0.1) is 6.21 Å². The van der Waals surface area contributed by atoms with E-state index in [1.807, 2.05) is 12.1 Å². The maximum absolute atomic E-state index is 5.16. The Bertz CT molecular complexity index is 622. The molecule has 0 saturated heterocycles. The summed E-state index contributed by atoms with van der Waals surface area (Å²) in [5.74, 6) is 1.11. The third-order valence-corrected chi connectivity index (χ3v) is 2.82. The normalized spacial score (nSPS) is 11.6. The van der Waals surface area contributed by atoms with Crippen molar-refractivity contribution in [2.24, 2.45) is 5.10 Å². The molecule has 1 aromatic heterocycles. The lowest BCUT2D eigenvalue weighted by Crippen LogP contribution is -2.00. The molecule has 1 N–H and O–H groups in total. The van der Waals surface area contributed by atoms with Gasteiger partial charge in [-0.2, -0.15) is 14.9 Å². The van der Waals surface area contributed by atoms with E-state index in [-0.39, 0.29) is 5.92 Å². The minimum atomic E-state index is 0.271. The first-order valence-corrected chi connectivity index (χ1v) is 6.27. The Labute approximate surface area is 111 Å². The van der Waals surface area contributed by atoms with Gasteiger partial charge >= 0.3 is 0 Å². The van der Waals surface area contributed by atoms with Crippen LogP contribution in [0.25, 0.3) is 0 Å². The van der Waals surface area contributed by atoms with Gasteiger partial charge in [0.25, 0.3) is 0 Å². The van der Waals surface area contributed by atoms with Crippen LogP contribution < -0.4 is 0 Å². The number of hydrogen-bond acceptors (Lipinski definition) is 3. The smallest absolute Gasteiger partial charge is 0.216 e. The first-order valence-electron chi connectivity index (χ1n) is 5.86. The van der Waals surface area contributed by atoms with E-state index in [1.54, 1.807) is 10.9 Å². The maximum atomic E-state index is 5.16. The van der Waals surface area contributed by atoms with Crippen molar-refractivity contribution in [3.8, 4) is 0 Å². The van der Waals surface area contributed by atoms with Gasteiger partial charge in [0.1, 0.15) is 0 Å². The third-order valence-electron chi connectivity index (χ3n) is 2.56. The van der Waals surface area contributed by atoms with Crippen molar-refractivity contribution in [1.29, 1.82) is 0 Å². The van der Waals surface area contributed by atoms with Crippen molar-refractivity contribution >= 4 is 18.4 Å². The van der Waals surface area contributed by atoms with Gasteiger partial charge in [-0.25, -0.2) is 0 Å². The van der Waals surface area contributed by atoms with E-state index in [1.165, 1.54) is 5.56 Å². The molecule has 18 heavy (non-hydrogen) atoms. The van der Waals surface area contributed by atoms with Crippen LogP contribution in [0.15, 0.2) is 29.4 Å². The Morgan fingerprint density at radius 1 is 1.44 bits per heavy atom. The minimum Gasteiger partial charge on any atom is -0.250 e. The number of benzene rings is 1. The molecule has 0 unspecified atom stereocenters. The highest BCUT2D eigenvalue weighted by Gasteiger charge is 2.08. The first kappa shape index (κ1) is 12.7.